The van der Waals surface area contributed by atoms with Gasteiger partial charge in [0.2, 0.25) is 0 Å². The highest BCUT2D eigenvalue weighted by Gasteiger charge is 2.15. The lowest BCUT2D eigenvalue weighted by atomic mass is 10.1. The van der Waals surface area contributed by atoms with Gasteiger partial charge >= 0.3 is 0 Å². The van der Waals surface area contributed by atoms with Gasteiger partial charge in [0.15, 0.2) is 0 Å². The average molecular weight is 221 g/mol. The van der Waals surface area contributed by atoms with Crippen molar-refractivity contribution in [3.63, 3.8) is 0 Å². The van der Waals surface area contributed by atoms with Crippen LogP contribution in [0.5, 0.6) is 0 Å². The Labute approximate surface area is 91.9 Å². The van der Waals surface area contributed by atoms with E-state index in [4.69, 9.17) is 5.73 Å². The number of hydrogen-bond donors (Lipinski definition) is 2. The zero-order valence-corrected chi connectivity index (χ0v) is 8.64. The zero-order valence-electron chi connectivity index (χ0n) is 8.64. The smallest absolute Gasteiger partial charge is 0.277 e. The van der Waals surface area contributed by atoms with Crippen molar-refractivity contribution in [2.75, 3.05) is 7.05 Å². The van der Waals surface area contributed by atoms with Gasteiger partial charge < -0.3 is 11.1 Å². The molecule has 0 saturated carbocycles. The van der Waals surface area contributed by atoms with Crippen LogP contribution < -0.4 is 11.1 Å². The molecule has 0 radical (unpaired) electrons. The van der Waals surface area contributed by atoms with Gasteiger partial charge in [-0.3, -0.25) is 14.9 Å². The number of carbonyl (C=O) groups is 1. The maximum absolute atomic E-state index is 11.3. The maximum atomic E-state index is 11.3. The molecule has 0 aliphatic carbocycles. The minimum atomic E-state index is -0.554. The van der Waals surface area contributed by atoms with E-state index in [1.54, 1.807) is 0 Å². The first-order chi connectivity index (χ1) is 7.60. The van der Waals surface area contributed by atoms with Crippen molar-refractivity contribution in [3.05, 3.63) is 45.6 Å². The summed E-state index contributed by atoms with van der Waals surface area (Å²) in [5.41, 5.74) is 5.62. The zero-order chi connectivity index (χ0) is 12.1. The summed E-state index contributed by atoms with van der Waals surface area (Å²) in [6.45, 7) is 0. The van der Waals surface area contributed by atoms with Crippen LogP contribution in [0.15, 0.2) is 24.4 Å². The number of carbonyl (C=O) groups excluding carboxylic acids is 1. The molecule has 16 heavy (non-hydrogen) atoms. The summed E-state index contributed by atoms with van der Waals surface area (Å²) in [7, 11) is 1.46. The van der Waals surface area contributed by atoms with Gasteiger partial charge in [-0.05, 0) is 24.4 Å². The average Bonchev–Trinajstić information content (AvgIpc) is 2.28. The fourth-order valence-corrected chi connectivity index (χ4v) is 1.23. The molecule has 0 aliphatic heterocycles. The highest BCUT2D eigenvalue weighted by atomic mass is 16.6. The molecule has 3 N–H and O–H groups in total. The standard InChI is InChI=1S/C10H11N3O3/c1-12-10(14)8-3-2-7(4-5-11)9(6-8)13(15)16/h2-6H,11H2,1H3,(H,12,14)/b5-4+. The van der Waals surface area contributed by atoms with Crippen LogP contribution in [-0.4, -0.2) is 17.9 Å². The third-order valence-electron chi connectivity index (χ3n) is 1.99. The van der Waals surface area contributed by atoms with E-state index in [0.717, 1.165) is 0 Å². The lowest BCUT2D eigenvalue weighted by Gasteiger charge is -2.01. The van der Waals surface area contributed by atoms with Gasteiger partial charge in [-0.2, -0.15) is 0 Å². The fraction of sp³-hybridized carbons (Fsp3) is 0.100. The number of nitro benzene ring substituents is 1. The monoisotopic (exact) mass is 221 g/mol. The van der Waals surface area contributed by atoms with Crippen LogP contribution in [-0.2, 0) is 0 Å². The molecule has 0 saturated heterocycles. The van der Waals surface area contributed by atoms with E-state index in [2.05, 4.69) is 5.32 Å². The van der Waals surface area contributed by atoms with Crippen LogP contribution >= 0.6 is 0 Å². The normalized spacial score (nSPS) is 10.3. The molecule has 1 aromatic carbocycles. The number of nitrogens with one attached hydrogen (secondary N) is 1. The number of nitro groups is 1. The van der Waals surface area contributed by atoms with Gasteiger partial charge in [0.1, 0.15) is 0 Å². The molecule has 0 bridgehead atoms. The Morgan fingerprint density at radius 2 is 2.25 bits per heavy atom. The second-order valence-corrected chi connectivity index (χ2v) is 2.97. The van der Waals surface area contributed by atoms with Crippen molar-refractivity contribution in [3.8, 4) is 0 Å². The van der Waals surface area contributed by atoms with Gasteiger partial charge in [-0.1, -0.05) is 0 Å². The predicted molar refractivity (Wildman–Crippen MR) is 59.7 cm³/mol. The number of benzene rings is 1. The Morgan fingerprint density at radius 3 is 2.75 bits per heavy atom. The summed E-state index contributed by atoms with van der Waals surface area (Å²) in [6.07, 6.45) is 2.62. The first kappa shape index (κ1) is 11.7. The highest BCUT2D eigenvalue weighted by Crippen LogP contribution is 2.21. The second-order valence-electron chi connectivity index (χ2n) is 2.97. The lowest BCUT2D eigenvalue weighted by Crippen LogP contribution is -2.17. The van der Waals surface area contributed by atoms with Crippen molar-refractivity contribution in [2.24, 2.45) is 5.73 Å². The highest BCUT2D eigenvalue weighted by molar-refractivity contribution is 5.95. The van der Waals surface area contributed by atoms with Gasteiger partial charge in [-0.25, -0.2) is 0 Å². The first-order valence-corrected chi connectivity index (χ1v) is 4.49. The van der Waals surface area contributed by atoms with Crippen LogP contribution in [0.2, 0.25) is 0 Å². The van der Waals surface area contributed by atoms with Crippen molar-refractivity contribution in [2.45, 2.75) is 0 Å². The Kier molecular flexibility index (Phi) is 3.60. The summed E-state index contributed by atoms with van der Waals surface area (Å²) in [5, 5.41) is 13.2. The maximum Gasteiger partial charge on any atom is 0.277 e. The number of rotatable bonds is 3. The number of nitrogens with zero attached hydrogens (tertiary/aromatic N) is 1. The van der Waals surface area contributed by atoms with E-state index in [-0.39, 0.29) is 17.2 Å². The molecule has 1 aromatic rings. The van der Waals surface area contributed by atoms with Crippen LogP contribution in [0.4, 0.5) is 5.69 Å². The van der Waals surface area contributed by atoms with Crippen molar-refractivity contribution in [1.29, 1.82) is 0 Å². The largest absolute Gasteiger partial charge is 0.405 e. The van der Waals surface area contributed by atoms with Crippen LogP contribution in [0.25, 0.3) is 6.08 Å². The van der Waals surface area contributed by atoms with Crippen molar-refractivity contribution >= 4 is 17.7 Å². The molecular formula is C10H11N3O3. The quantitative estimate of drug-likeness (QED) is 0.584. The Bertz CT molecular complexity index is 455. The van der Waals surface area contributed by atoms with E-state index >= 15 is 0 Å². The molecule has 6 heteroatoms. The molecule has 1 rings (SSSR count). The molecule has 0 aromatic heterocycles. The predicted octanol–water partition coefficient (Wildman–Crippen LogP) is 0.884. The summed E-state index contributed by atoms with van der Waals surface area (Å²) < 4.78 is 0. The third-order valence-corrected chi connectivity index (χ3v) is 1.99. The van der Waals surface area contributed by atoms with E-state index < -0.39 is 4.92 Å². The molecule has 0 heterocycles. The van der Waals surface area contributed by atoms with Crippen LogP contribution in [0.1, 0.15) is 15.9 Å². The van der Waals surface area contributed by atoms with E-state index in [0.29, 0.717) is 5.56 Å². The summed E-state index contributed by atoms with van der Waals surface area (Å²) in [6, 6.07) is 4.20. The molecular weight excluding hydrogens is 210 g/mol. The SMILES string of the molecule is CNC(=O)c1ccc(/C=C/N)c([N+](=O)[O-])c1. The van der Waals surface area contributed by atoms with E-state index in [1.165, 1.54) is 37.5 Å². The van der Waals surface area contributed by atoms with Gasteiger partial charge in [-0.15, -0.1) is 0 Å². The molecule has 6 nitrogen and oxygen atoms in total. The van der Waals surface area contributed by atoms with Crippen molar-refractivity contribution in [1.82, 2.24) is 5.32 Å². The van der Waals surface area contributed by atoms with E-state index in [1.807, 2.05) is 0 Å². The third kappa shape index (κ3) is 2.35. The Balaban J connectivity index is 3.27. The van der Waals surface area contributed by atoms with Gasteiger partial charge in [0.05, 0.1) is 10.5 Å². The molecule has 0 unspecified atom stereocenters. The van der Waals surface area contributed by atoms with E-state index in [9.17, 15) is 14.9 Å². The van der Waals surface area contributed by atoms with Gasteiger partial charge in [0, 0.05) is 18.7 Å². The minimum absolute atomic E-state index is 0.150. The summed E-state index contributed by atoms with van der Waals surface area (Å²) in [5.74, 6) is -0.369. The Hall–Kier alpha value is -2.37. The first-order valence-electron chi connectivity index (χ1n) is 4.49. The molecule has 0 aliphatic rings. The van der Waals surface area contributed by atoms with Gasteiger partial charge in [0.25, 0.3) is 11.6 Å². The number of nitrogens with two attached hydrogens (primary N) is 1. The molecule has 84 valence electrons. The minimum Gasteiger partial charge on any atom is -0.405 e. The fourth-order valence-electron chi connectivity index (χ4n) is 1.23. The molecule has 1 amide bonds. The topological polar surface area (TPSA) is 98.3 Å². The molecule has 0 fully saturated rings. The van der Waals surface area contributed by atoms with Crippen molar-refractivity contribution < 1.29 is 9.72 Å². The van der Waals surface area contributed by atoms with Crippen LogP contribution in [0.3, 0.4) is 0 Å². The molecule has 0 atom stereocenters. The molecule has 0 spiro atoms. The summed E-state index contributed by atoms with van der Waals surface area (Å²) >= 11 is 0. The lowest BCUT2D eigenvalue weighted by molar-refractivity contribution is -0.385. The number of amides is 1. The van der Waals surface area contributed by atoms with Crippen LogP contribution in [0, 0.1) is 10.1 Å². The number of hydrogen-bond acceptors (Lipinski definition) is 4. The Morgan fingerprint density at radius 1 is 1.56 bits per heavy atom. The summed E-state index contributed by atoms with van der Waals surface area (Å²) in [4.78, 5) is 21.5. The second kappa shape index (κ2) is 4.92.